The van der Waals surface area contributed by atoms with Crippen LogP contribution in [-0.2, 0) is 22.6 Å². The number of aryl methyl sites for hydroxylation is 1. The monoisotopic (exact) mass is 410 g/mol. The van der Waals surface area contributed by atoms with Crippen molar-refractivity contribution in [3.05, 3.63) is 53.5 Å². The third kappa shape index (κ3) is 4.38. The number of H-pyrrole nitrogens is 1. The molecule has 2 atom stereocenters. The van der Waals surface area contributed by atoms with Crippen molar-refractivity contribution in [3.63, 3.8) is 0 Å². The van der Waals surface area contributed by atoms with Gasteiger partial charge in [-0.25, -0.2) is 0 Å². The lowest BCUT2D eigenvalue weighted by Gasteiger charge is -2.23. The highest BCUT2D eigenvalue weighted by atomic mass is 16.5. The Bertz CT molecular complexity index is 1010. The van der Waals surface area contributed by atoms with Crippen LogP contribution < -0.4 is 5.32 Å². The summed E-state index contributed by atoms with van der Waals surface area (Å²) in [5, 5.41) is 27.0. The van der Waals surface area contributed by atoms with Gasteiger partial charge in [0.2, 0.25) is 11.8 Å². The molecular formula is C20H22N6O4. The van der Waals surface area contributed by atoms with Crippen LogP contribution in [0, 0.1) is 6.92 Å². The first-order valence-electron chi connectivity index (χ1n) is 9.62. The molecule has 3 N–H and O–H groups in total. The van der Waals surface area contributed by atoms with E-state index >= 15 is 0 Å². The highest BCUT2D eigenvalue weighted by Crippen LogP contribution is 2.20. The lowest BCUT2D eigenvalue weighted by molar-refractivity contribution is -0.138. The number of amides is 2. The molecule has 3 heterocycles. The summed E-state index contributed by atoms with van der Waals surface area (Å²) >= 11 is 0. The van der Waals surface area contributed by atoms with Crippen molar-refractivity contribution in [1.29, 1.82) is 0 Å². The Morgan fingerprint density at radius 1 is 1.33 bits per heavy atom. The van der Waals surface area contributed by atoms with Crippen LogP contribution in [0.15, 0.2) is 41.1 Å². The van der Waals surface area contributed by atoms with Gasteiger partial charge in [-0.1, -0.05) is 29.4 Å². The van der Waals surface area contributed by atoms with E-state index in [1.807, 2.05) is 24.3 Å². The molecule has 0 radical (unpaired) electrons. The van der Waals surface area contributed by atoms with Gasteiger partial charge in [-0.05, 0) is 12.5 Å². The van der Waals surface area contributed by atoms with Crippen LogP contribution in [0.3, 0.4) is 0 Å². The van der Waals surface area contributed by atoms with Gasteiger partial charge in [0.05, 0.1) is 24.4 Å². The largest absolute Gasteiger partial charge is 0.391 e. The number of aliphatic hydroxyl groups excluding tert-OH is 1. The molecule has 2 amide bonds. The van der Waals surface area contributed by atoms with Crippen molar-refractivity contribution < 1.29 is 19.2 Å². The van der Waals surface area contributed by atoms with Gasteiger partial charge < -0.3 is 19.8 Å². The molecule has 1 aliphatic heterocycles. The fourth-order valence-electron chi connectivity index (χ4n) is 3.53. The summed E-state index contributed by atoms with van der Waals surface area (Å²) in [5.74, 6) is -0.140. The minimum absolute atomic E-state index is 0.000843. The van der Waals surface area contributed by atoms with Crippen molar-refractivity contribution in [2.24, 2.45) is 0 Å². The molecule has 30 heavy (non-hydrogen) atoms. The van der Waals surface area contributed by atoms with Crippen LogP contribution in [0.5, 0.6) is 0 Å². The maximum Gasteiger partial charge on any atom is 0.243 e. The van der Waals surface area contributed by atoms with Crippen LogP contribution in [0.25, 0.3) is 11.3 Å². The molecule has 1 aromatic carbocycles. The third-order valence-electron chi connectivity index (χ3n) is 5.04. The van der Waals surface area contributed by atoms with E-state index in [0.29, 0.717) is 18.0 Å². The van der Waals surface area contributed by atoms with Gasteiger partial charge in [-0.15, -0.1) is 0 Å². The molecule has 0 spiro atoms. The summed E-state index contributed by atoms with van der Waals surface area (Å²) in [5.41, 5.74) is 3.24. The van der Waals surface area contributed by atoms with Crippen LogP contribution in [0.1, 0.15) is 23.4 Å². The molecular weight excluding hydrogens is 388 g/mol. The van der Waals surface area contributed by atoms with E-state index in [2.05, 4.69) is 25.9 Å². The van der Waals surface area contributed by atoms with Gasteiger partial charge in [0, 0.05) is 31.1 Å². The van der Waals surface area contributed by atoms with E-state index in [1.54, 1.807) is 19.2 Å². The number of nitrogens with zero attached hydrogens (tertiary/aromatic N) is 4. The molecule has 1 aliphatic rings. The lowest BCUT2D eigenvalue weighted by Crippen LogP contribution is -2.46. The number of β-amino-alcohol motifs (C(OH)–C–C–N with tert-alkyl or cyclic N) is 1. The topological polar surface area (TPSA) is 137 Å². The number of aliphatic hydroxyl groups is 1. The molecule has 0 unspecified atom stereocenters. The van der Waals surface area contributed by atoms with E-state index in [9.17, 15) is 14.7 Å². The molecule has 2 aromatic heterocycles. The molecule has 10 nitrogen and oxygen atoms in total. The number of benzene rings is 1. The van der Waals surface area contributed by atoms with Gasteiger partial charge >= 0.3 is 0 Å². The molecule has 1 fully saturated rings. The third-order valence-corrected chi connectivity index (χ3v) is 5.04. The highest BCUT2D eigenvalue weighted by Gasteiger charge is 2.38. The van der Waals surface area contributed by atoms with Crippen molar-refractivity contribution in [2.45, 2.75) is 38.5 Å². The second-order valence-corrected chi connectivity index (χ2v) is 7.33. The zero-order valence-electron chi connectivity index (χ0n) is 16.4. The quantitative estimate of drug-likeness (QED) is 0.541. The minimum atomic E-state index is -0.733. The SMILES string of the molecule is Cc1cc(CC(=O)N2C[C@H](O)C[C@H]2C(=O)NCc2ccc(-c3cn[nH]n3)cc2)on1. The van der Waals surface area contributed by atoms with Crippen LogP contribution in [-0.4, -0.2) is 61.1 Å². The Hall–Kier alpha value is -3.53. The average molecular weight is 410 g/mol. The summed E-state index contributed by atoms with van der Waals surface area (Å²) in [6.07, 6.45) is 1.11. The first-order chi connectivity index (χ1) is 14.5. The van der Waals surface area contributed by atoms with Gasteiger partial charge in [-0.3, -0.25) is 9.59 Å². The lowest BCUT2D eigenvalue weighted by atomic mass is 10.1. The van der Waals surface area contributed by atoms with Crippen LogP contribution >= 0.6 is 0 Å². The van der Waals surface area contributed by atoms with E-state index in [1.165, 1.54) is 4.90 Å². The number of carbonyl (C=O) groups is 2. The fraction of sp³-hybridized carbons (Fsp3) is 0.350. The van der Waals surface area contributed by atoms with Crippen molar-refractivity contribution >= 4 is 11.8 Å². The fourth-order valence-corrected chi connectivity index (χ4v) is 3.53. The summed E-state index contributed by atoms with van der Waals surface area (Å²) in [6.45, 7) is 2.20. The first kappa shape index (κ1) is 19.8. The number of hydrogen-bond donors (Lipinski definition) is 3. The normalized spacial score (nSPS) is 18.5. The van der Waals surface area contributed by atoms with Gasteiger partial charge in [0.1, 0.15) is 17.5 Å². The predicted octanol–water partition coefficient (Wildman–Crippen LogP) is 0.589. The molecule has 1 saturated heterocycles. The molecule has 3 aromatic rings. The smallest absolute Gasteiger partial charge is 0.243 e. The van der Waals surface area contributed by atoms with E-state index in [-0.39, 0.29) is 31.2 Å². The number of likely N-dealkylation sites (tertiary alicyclic amines) is 1. The zero-order chi connectivity index (χ0) is 21.1. The first-order valence-corrected chi connectivity index (χ1v) is 9.62. The van der Waals surface area contributed by atoms with Crippen LogP contribution in [0.4, 0.5) is 0 Å². The standard InChI is InChI=1S/C20H22N6O4/c1-12-6-16(30-24-12)8-19(28)26-11-15(27)7-18(26)20(29)21-9-13-2-4-14(5-3-13)17-10-22-25-23-17/h2-6,10,15,18,27H,7-9,11H2,1H3,(H,21,29)(H,22,23,25)/t15-,18+/m1/s1. The maximum absolute atomic E-state index is 12.7. The Labute approximate surface area is 172 Å². The number of carbonyl (C=O) groups excluding carboxylic acids is 2. The van der Waals surface area contributed by atoms with Gasteiger partial charge in [0.15, 0.2) is 0 Å². The Kier molecular flexibility index (Phi) is 5.57. The Balaban J connectivity index is 1.36. The van der Waals surface area contributed by atoms with Crippen molar-refractivity contribution in [3.8, 4) is 11.3 Å². The summed E-state index contributed by atoms with van der Waals surface area (Å²) < 4.78 is 5.09. The van der Waals surface area contributed by atoms with Crippen LogP contribution in [0.2, 0.25) is 0 Å². The van der Waals surface area contributed by atoms with E-state index in [4.69, 9.17) is 4.52 Å². The van der Waals surface area contributed by atoms with Gasteiger partial charge in [0.25, 0.3) is 0 Å². The second-order valence-electron chi connectivity index (χ2n) is 7.33. The predicted molar refractivity (Wildman–Crippen MR) is 105 cm³/mol. The second kappa shape index (κ2) is 8.46. The Morgan fingerprint density at radius 3 is 2.80 bits per heavy atom. The number of hydrogen-bond acceptors (Lipinski definition) is 7. The summed E-state index contributed by atoms with van der Waals surface area (Å²) in [6, 6.07) is 8.54. The Morgan fingerprint density at radius 2 is 2.13 bits per heavy atom. The number of rotatable bonds is 6. The highest BCUT2D eigenvalue weighted by molar-refractivity contribution is 5.89. The molecule has 0 bridgehead atoms. The number of aromatic amines is 1. The van der Waals surface area contributed by atoms with E-state index in [0.717, 1.165) is 16.8 Å². The summed E-state index contributed by atoms with van der Waals surface area (Å²) in [7, 11) is 0. The number of aromatic nitrogens is 4. The average Bonchev–Trinajstić information content (AvgIpc) is 3.48. The van der Waals surface area contributed by atoms with Crippen molar-refractivity contribution in [1.82, 2.24) is 30.8 Å². The molecule has 0 saturated carbocycles. The summed E-state index contributed by atoms with van der Waals surface area (Å²) in [4.78, 5) is 26.8. The van der Waals surface area contributed by atoms with E-state index < -0.39 is 12.1 Å². The zero-order valence-corrected chi connectivity index (χ0v) is 16.4. The molecule has 4 rings (SSSR count). The molecule has 10 heteroatoms. The maximum atomic E-state index is 12.7. The van der Waals surface area contributed by atoms with Gasteiger partial charge in [-0.2, -0.15) is 15.4 Å². The minimum Gasteiger partial charge on any atom is -0.391 e. The number of nitrogens with one attached hydrogen (secondary N) is 2. The molecule has 156 valence electrons. The molecule has 0 aliphatic carbocycles. The van der Waals surface area contributed by atoms with Crippen molar-refractivity contribution in [2.75, 3.05) is 6.54 Å².